The second kappa shape index (κ2) is 6.56. The maximum absolute atomic E-state index is 11.7. The van der Waals surface area contributed by atoms with Gasteiger partial charge >= 0.3 is 12.1 Å². The number of aromatic amines is 2. The van der Waals surface area contributed by atoms with Crippen LogP contribution in [0.2, 0.25) is 0 Å². The number of alkyl carbamates (subject to hydrolysis) is 1. The molecule has 0 saturated heterocycles. The number of rotatable bonds is 4. The van der Waals surface area contributed by atoms with Crippen LogP contribution >= 0.6 is 12.2 Å². The summed E-state index contributed by atoms with van der Waals surface area (Å²) in [6.45, 7) is 5.22. The molecule has 1 rings (SSSR count). The topological polar surface area (TPSA) is 96.2 Å². The number of nitrogens with one attached hydrogen (secondary N) is 3. The minimum Gasteiger partial charge on any atom is -0.467 e. The summed E-state index contributed by atoms with van der Waals surface area (Å²) in [6, 6.07) is -0.851. The Kier molecular flexibility index (Phi) is 5.32. The van der Waals surface area contributed by atoms with Gasteiger partial charge in [-0.2, -0.15) is 0 Å². The Morgan fingerprint density at radius 1 is 1.45 bits per heavy atom. The van der Waals surface area contributed by atoms with Gasteiger partial charge in [-0.05, 0) is 33.0 Å². The molecule has 0 bridgehead atoms. The summed E-state index contributed by atoms with van der Waals surface area (Å²) in [4.78, 5) is 29.0. The smallest absolute Gasteiger partial charge is 0.408 e. The Balaban J connectivity index is 2.72. The highest BCUT2D eigenvalue weighted by Crippen LogP contribution is 2.08. The molecule has 0 aliphatic heterocycles. The highest BCUT2D eigenvalue weighted by atomic mass is 32.1. The largest absolute Gasteiger partial charge is 0.467 e. The van der Waals surface area contributed by atoms with E-state index in [2.05, 4.69) is 20.0 Å². The summed E-state index contributed by atoms with van der Waals surface area (Å²) in [5.74, 6) is -0.559. The summed E-state index contributed by atoms with van der Waals surface area (Å²) in [5, 5.41) is 2.48. The zero-order valence-corrected chi connectivity index (χ0v) is 12.7. The Labute approximate surface area is 122 Å². The number of methoxy groups -OCH3 is 1. The first-order valence-corrected chi connectivity index (χ1v) is 6.46. The number of imidazole rings is 1. The number of carbonyl (C=O) groups excluding carboxylic acids is 2. The lowest BCUT2D eigenvalue weighted by atomic mass is 10.1. The van der Waals surface area contributed by atoms with E-state index in [1.165, 1.54) is 7.11 Å². The molecule has 112 valence electrons. The van der Waals surface area contributed by atoms with Gasteiger partial charge in [-0.15, -0.1) is 0 Å². The molecule has 3 N–H and O–H groups in total. The van der Waals surface area contributed by atoms with Gasteiger partial charge in [0.15, 0.2) is 4.77 Å². The molecule has 8 heteroatoms. The van der Waals surface area contributed by atoms with Crippen LogP contribution in [0.25, 0.3) is 0 Å². The molecule has 0 aliphatic carbocycles. The predicted molar refractivity (Wildman–Crippen MR) is 74.9 cm³/mol. The molecule has 1 heterocycles. The Bertz CT molecular complexity index is 529. The normalized spacial score (nSPS) is 12.6. The van der Waals surface area contributed by atoms with E-state index in [1.54, 1.807) is 27.0 Å². The van der Waals surface area contributed by atoms with Gasteiger partial charge in [0.1, 0.15) is 11.6 Å². The summed E-state index contributed by atoms with van der Waals surface area (Å²) in [7, 11) is 1.26. The van der Waals surface area contributed by atoms with Crippen molar-refractivity contribution in [2.24, 2.45) is 0 Å². The number of aromatic nitrogens is 2. The second-order valence-electron chi connectivity index (χ2n) is 5.19. The van der Waals surface area contributed by atoms with Crippen LogP contribution in [0, 0.1) is 4.77 Å². The van der Waals surface area contributed by atoms with Crippen molar-refractivity contribution in [2.75, 3.05) is 7.11 Å². The maximum atomic E-state index is 11.7. The minimum atomic E-state index is -0.851. The van der Waals surface area contributed by atoms with Crippen molar-refractivity contribution in [1.82, 2.24) is 15.3 Å². The van der Waals surface area contributed by atoms with E-state index >= 15 is 0 Å². The van der Waals surface area contributed by atoms with Crippen LogP contribution in [-0.4, -0.2) is 40.8 Å². The summed E-state index contributed by atoms with van der Waals surface area (Å²) < 4.78 is 10.2. The molecule has 0 spiro atoms. The molecular formula is C12H19N3O4S. The number of hydrogen-bond donors (Lipinski definition) is 3. The molecule has 1 aromatic rings. The molecule has 0 fully saturated rings. The van der Waals surface area contributed by atoms with Crippen molar-refractivity contribution in [2.45, 2.75) is 38.8 Å². The molecule has 1 atom stereocenters. The number of amides is 1. The monoisotopic (exact) mass is 301 g/mol. The summed E-state index contributed by atoms with van der Waals surface area (Å²) in [6.07, 6.45) is 1.18. The van der Waals surface area contributed by atoms with Crippen LogP contribution in [0.15, 0.2) is 6.20 Å². The average molecular weight is 301 g/mol. The number of hydrogen-bond acceptors (Lipinski definition) is 5. The number of H-pyrrole nitrogens is 2. The lowest BCUT2D eigenvalue weighted by Gasteiger charge is -2.22. The van der Waals surface area contributed by atoms with Gasteiger partial charge in [0, 0.05) is 18.3 Å². The molecule has 0 unspecified atom stereocenters. The lowest BCUT2D eigenvalue weighted by molar-refractivity contribution is -0.143. The fourth-order valence-corrected chi connectivity index (χ4v) is 1.68. The van der Waals surface area contributed by atoms with Gasteiger partial charge in [-0.1, -0.05) is 0 Å². The first-order chi connectivity index (χ1) is 9.21. The molecule has 20 heavy (non-hydrogen) atoms. The van der Waals surface area contributed by atoms with Gasteiger partial charge in [0.05, 0.1) is 7.11 Å². The van der Waals surface area contributed by atoms with E-state index in [0.29, 0.717) is 10.5 Å². The van der Waals surface area contributed by atoms with Crippen molar-refractivity contribution >= 4 is 24.3 Å². The number of ether oxygens (including phenoxy) is 2. The van der Waals surface area contributed by atoms with E-state index in [1.807, 2.05) is 0 Å². The maximum Gasteiger partial charge on any atom is 0.408 e. The van der Waals surface area contributed by atoms with Crippen LogP contribution < -0.4 is 5.32 Å². The van der Waals surface area contributed by atoms with Crippen LogP contribution in [0.4, 0.5) is 4.79 Å². The molecule has 0 aliphatic rings. The van der Waals surface area contributed by atoms with Crippen LogP contribution in [-0.2, 0) is 20.7 Å². The molecule has 1 aromatic heterocycles. The Morgan fingerprint density at radius 3 is 2.55 bits per heavy atom. The SMILES string of the molecule is COC(=O)[C@H](Cc1c[nH]c(=S)[nH]1)NC(=O)OC(C)(C)C. The van der Waals surface area contributed by atoms with Gasteiger partial charge in [-0.25, -0.2) is 9.59 Å². The van der Waals surface area contributed by atoms with Crippen LogP contribution in [0.5, 0.6) is 0 Å². The summed E-state index contributed by atoms with van der Waals surface area (Å²) in [5.41, 5.74) is 0.0418. The highest BCUT2D eigenvalue weighted by Gasteiger charge is 2.25. The van der Waals surface area contributed by atoms with Crippen molar-refractivity contribution in [3.63, 3.8) is 0 Å². The first kappa shape index (κ1) is 16.2. The zero-order chi connectivity index (χ0) is 15.3. The molecular weight excluding hydrogens is 282 g/mol. The van der Waals surface area contributed by atoms with Gasteiger partial charge in [-0.3, -0.25) is 0 Å². The molecule has 7 nitrogen and oxygen atoms in total. The fraction of sp³-hybridized carbons (Fsp3) is 0.583. The van der Waals surface area contributed by atoms with E-state index < -0.39 is 23.7 Å². The Hall–Kier alpha value is -1.83. The number of carbonyl (C=O) groups is 2. The molecule has 0 saturated carbocycles. The fourth-order valence-electron chi connectivity index (χ4n) is 1.49. The molecule has 0 radical (unpaired) electrons. The van der Waals surface area contributed by atoms with Crippen LogP contribution in [0.1, 0.15) is 26.5 Å². The van der Waals surface area contributed by atoms with E-state index in [9.17, 15) is 9.59 Å². The van der Waals surface area contributed by atoms with Crippen molar-refractivity contribution in [1.29, 1.82) is 0 Å². The van der Waals surface area contributed by atoms with Crippen molar-refractivity contribution < 1.29 is 19.1 Å². The van der Waals surface area contributed by atoms with Crippen molar-refractivity contribution in [3.8, 4) is 0 Å². The quantitative estimate of drug-likeness (QED) is 0.581. The van der Waals surface area contributed by atoms with Gasteiger partial charge in [0.25, 0.3) is 0 Å². The van der Waals surface area contributed by atoms with E-state index in [0.717, 1.165) is 0 Å². The standard InChI is InChI=1S/C12H19N3O4S/c1-12(2,3)19-11(17)15-8(9(16)18-4)5-7-6-13-10(20)14-7/h6,8H,5H2,1-4H3,(H,15,17)(H2,13,14,20)/t8-/m0/s1. The van der Waals surface area contributed by atoms with E-state index in [4.69, 9.17) is 17.0 Å². The van der Waals surface area contributed by atoms with Gasteiger partial charge in [0.2, 0.25) is 0 Å². The predicted octanol–water partition coefficient (Wildman–Crippen LogP) is 1.68. The highest BCUT2D eigenvalue weighted by molar-refractivity contribution is 7.71. The van der Waals surface area contributed by atoms with Crippen LogP contribution in [0.3, 0.4) is 0 Å². The third kappa shape index (κ3) is 5.43. The second-order valence-corrected chi connectivity index (χ2v) is 5.60. The third-order valence-corrected chi connectivity index (χ3v) is 2.47. The Morgan fingerprint density at radius 2 is 2.10 bits per heavy atom. The molecule has 0 aromatic carbocycles. The number of esters is 1. The van der Waals surface area contributed by atoms with E-state index in [-0.39, 0.29) is 6.42 Å². The third-order valence-electron chi connectivity index (χ3n) is 2.25. The van der Waals surface area contributed by atoms with Gasteiger partial charge < -0.3 is 24.8 Å². The first-order valence-electron chi connectivity index (χ1n) is 6.05. The zero-order valence-electron chi connectivity index (χ0n) is 11.9. The molecule has 1 amide bonds. The minimum absolute atomic E-state index is 0.221. The summed E-state index contributed by atoms with van der Waals surface area (Å²) >= 11 is 4.90. The average Bonchev–Trinajstić information content (AvgIpc) is 2.70. The van der Waals surface area contributed by atoms with Crippen molar-refractivity contribution in [3.05, 3.63) is 16.7 Å². The lowest BCUT2D eigenvalue weighted by Crippen LogP contribution is -2.45.